The zero-order valence-electron chi connectivity index (χ0n) is 14.2. The molecule has 0 unspecified atom stereocenters. The Balaban J connectivity index is 2.28. The maximum Gasteiger partial charge on any atom is 0.148 e. The van der Waals surface area contributed by atoms with Crippen molar-refractivity contribution in [2.45, 2.75) is 44.4 Å². The van der Waals surface area contributed by atoms with Crippen LogP contribution >= 0.6 is 7.14 Å². The predicted molar refractivity (Wildman–Crippen MR) is 101 cm³/mol. The first-order valence-corrected chi connectivity index (χ1v) is 10.4. The summed E-state index contributed by atoms with van der Waals surface area (Å²) in [6.45, 7) is 2.07. The molecule has 0 saturated heterocycles. The van der Waals surface area contributed by atoms with E-state index in [0.717, 1.165) is 29.9 Å². The molecule has 0 fully saturated rings. The van der Waals surface area contributed by atoms with Crippen LogP contribution in [0.3, 0.4) is 0 Å². The summed E-state index contributed by atoms with van der Waals surface area (Å²) in [5.41, 5.74) is -0.351. The number of rotatable bonds is 9. The summed E-state index contributed by atoms with van der Waals surface area (Å²) >= 11 is 0. The smallest absolute Gasteiger partial charge is 0.148 e. The number of benzene rings is 2. The van der Waals surface area contributed by atoms with Gasteiger partial charge in [-0.25, -0.2) is 0 Å². The van der Waals surface area contributed by atoms with E-state index >= 15 is 0 Å². The van der Waals surface area contributed by atoms with Crippen molar-refractivity contribution in [3.63, 3.8) is 0 Å². The van der Waals surface area contributed by atoms with E-state index in [-0.39, 0.29) is 12.3 Å². The van der Waals surface area contributed by atoms with Crippen molar-refractivity contribution in [2.24, 2.45) is 0 Å². The van der Waals surface area contributed by atoms with Crippen LogP contribution in [0.5, 0.6) is 0 Å². The fourth-order valence-electron chi connectivity index (χ4n) is 3.04. The lowest BCUT2D eigenvalue weighted by Gasteiger charge is -2.29. The molecule has 2 atom stereocenters. The Labute approximate surface area is 144 Å². The third kappa shape index (κ3) is 4.36. The molecule has 2 aromatic rings. The topological polar surface area (TPSA) is 57.5 Å². The van der Waals surface area contributed by atoms with E-state index in [1.807, 2.05) is 67.6 Å². The number of aliphatic hydroxyl groups is 2. The molecule has 0 aromatic heterocycles. The van der Waals surface area contributed by atoms with Crippen molar-refractivity contribution < 1.29 is 14.8 Å². The maximum atomic E-state index is 14.0. The molecule has 0 heterocycles. The van der Waals surface area contributed by atoms with Gasteiger partial charge in [0.15, 0.2) is 0 Å². The predicted octanol–water partition coefficient (Wildman–Crippen LogP) is 3.30. The Bertz CT molecular complexity index is 599. The Morgan fingerprint density at radius 3 is 1.83 bits per heavy atom. The molecule has 130 valence electrons. The van der Waals surface area contributed by atoms with Crippen molar-refractivity contribution in [1.82, 2.24) is 0 Å². The first-order chi connectivity index (χ1) is 11.6. The van der Waals surface area contributed by atoms with Gasteiger partial charge in [-0.1, -0.05) is 80.4 Å². The van der Waals surface area contributed by atoms with Crippen LogP contribution in [0.4, 0.5) is 0 Å². The van der Waals surface area contributed by atoms with Gasteiger partial charge in [0.2, 0.25) is 0 Å². The lowest BCUT2D eigenvalue weighted by Crippen LogP contribution is -2.32. The third-order valence-electron chi connectivity index (χ3n) is 4.57. The van der Waals surface area contributed by atoms with Gasteiger partial charge in [-0.3, -0.25) is 0 Å². The first-order valence-electron chi connectivity index (χ1n) is 8.60. The molecule has 4 heteroatoms. The number of hydrogen-bond acceptors (Lipinski definition) is 3. The molecular formula is C20H27O3P. The molecule has 2 rings (SSSR count). The average Bonchev–Trinajstić information content (AvgIpc) is 2.65. The summed E-state index contributed by atoms with van der Waals surface area (Å²) in [7, 11) is -2.93. The standard InChI is InChI=1S/C20H27O3P/c1-17(20(22)15-9-4-10-16-21)24(23,18-11-5-2-6-12-18)19-13-7-3-8-14-19/h2-3,5-8,11-14,17,20-22H,4,9-10,15-16H2,1H3/t17-,20+/m0/s1. The van der Waals surface area contributed by atoms with E-state index in [2.05, 4.69) is 0 Å². The summed E-state index contributed by atoms with van der Waals surface area (Å²) in [5, 5.41) is 21.1. The summed E-state index contributed by atoms with van der Waals surface area (Å²) in [6, 6.07) is 19.0. The first kappa shape index (κ1) is 18.9. The zero-order valence-corrected chi connectivity index (χ0v) is 15.1. The molecule has 0 amide bonds. The van der Waals surface area contributed by atoms with Gasteiger partial charge in [-0.15, -0.1) is 0 Å². The minimum absolute atomic E-state index is 0.179. The molecule has 3 nitrogen and oxygen atoms in total. The van der Waals surface area contributed by atoms with Crippen LogP contribution in [0, 0.1) is 0 Å². The van der Waals surface area contributed by atoms with Gasteiger partial charge in [0.1, 0.15) is 7.14 Å². The fourth-order valence-corrected chi connectivity index (χ4v) is 6.15. The van der Waals surface area contributed by atoms with Crippen molar-refractivity contribution in [2.75, 3.05) is 6.61 Å². The molecule has 0 bridgehead atoms. The van der Waals surface area contributed by atoms with E-state index < -0.39 is 13.2 Å². The molecule has 0 aliphatic rings. The minimum Gasteiger partial charge on any atom is -0.396 e. The SMILES string of the molecule is C[C@@H]([C@H](O)CCCCCO)P(=O)(c1ccccc1)c1ccccc1. The molecule has 24 heavy (non-hydrogen) atoms. The molecule has 0 radical (unpaired) electrons. The molecule has 0 aliphatic heterocycles. The van der Waals surface area contributed by atoms with Gasteiger partial charge < -0.3 is 14.8 Å². The summed E-state index contributed by atoms with van der Waals surface area (Å²) in [5.74, 6) is 0. The second kappa shape index (κ2) is 9.17. The lowest BCUT2D eigenvalue weighted by molar-refractivity contribution is 0.157. The van der Waals surface area contributed by atoms with Crippen LogP contribution in [-0.2, 0) is 4.57 Å². The normalized spacial score (nSPS) is 14.3. The molecule has 0 saturated carbocycles. The van der Waals surface area contributed by atoms with Gasteiger partial charge in [0, 0.05) is 22.9 Å². The lowest BCUT2D eigenvalue weighted by atomic mass is 10.1. The van der Waals surface area contributed by atoms with E-state index in [1.54, 1.807) is 0 Å². The number of hydrogen-bond donors (Lipinski definition) is 2. The van der Waals surface area contributed by atoms with Crippen molar-refractivity contribution in [1.29, 1.82) is 0 Å². The highest BCUT2D eigenvalue weighted by atomic mass is 31.2. The van der Waals surface area contributed by atoms with Gasteiger partial charge in [0.25, 0.3) is 0 Å². The van der Waals surface area contributed by atoms with Crippen molar-refractivity contribution >= 4 is 17.8 Å². The Morgan fingerprint density at radius 1 is 0.875 bits per heavy atom. The zero-order chi connectivity index (χ0) is 17.4. The van der Waals surface area contributed by atoms with Gasteiger partial charge in [-0.2, -0.15) is 0 Å². The average molecular weight is 346 g/mol. The van der Waals surface area contributed by atoms with Crippen LogP contribution in [0.25, 0.3) is 0 Å². The summed E-state index contributed by atoms with van der Waals surface area (Å²) in [6.07, 6.45) is 2.42. The second-order valence-electron chi connectivity index (χ2n) is 6.21. The van der Waals surface area contributed by atoms with Crippen LogP contribution < -0.4 is 10.6 Å². The second-order valence-corrected chi connectivity index (χ2v) is 9.37. The number of aliphatic hydroxyl groups excluding tert-OH is 2. The largest absolute Gasteiger partial charge is 0.396 e. The maximum absolute atomic E-state index is 14.0. The highest BCUT2D eigenvalue weighted by molar-refractivity contribution is 7.79. The van der Waals surface area contributed by atoms with E-state index in [4.69, 9.17) is 5.11 Å². The van der Waals surface area contributed by atoms with E-state index in [1.165, 1.54) is 0 Å². The van der Waals surface area contributed by atoms with Gasteiger partial charge >= 0.3 is 0 Å². The Kier molecular flexibility index (Phi) is 7.23. The molecular weight excluding hydrogens is 319 g/mol. The molecule has 0 spiro atoms. The van der Waals surface area contributed by atoms with E-state index in [0.29, 0.717) is 6.42 Å². The number of unbranched alkanes of at least 4 members (excludes halogenated alkanes) is 2. The van der Waals surface area contributed by atoms with Crippen LogP contribution in [0.15, 0.2) is 60.7 Å². The van der Waals surface area contributed by atoms with Gasteiger partial charge in [0.05, 0.1) is 6.10 Å². The highest BCUT2D eigenvalue weighted by Crippen LogP contribution is 2.50. The highest BCUT2D eigenvalue weighted by Gasteiger charge is 2.37. The monoisotopic (exact) mass is 346 g/mol. The van der Waals surface area contributed by atoms with E-state index in [9.17, 15) is 9.67 Å². The Morgan fingerprint density at radius 2 is 1.38 bits per heavy atom. The summed E-state index contributed by atoms with van der Waals surface area (Å²) in [4.78, 5) is 0. The van der Waals surface area contributed by atoms with Crippen LogP contribution in [0.2, 0.25) is 0 Å². The third-order valence-corrected chi connectivity index (χ3v) is 8.19. The van der Waals surface area contributed by atoms with Gasteiger partial charge in [-0.05, 0) is 12.8 Å². The minimum atomic E-state index is -2.93. The van der Waals surface area contributed by atoms with Crippen molar-refractivity contribution in [3.8, 4) is 0 Å². The summed E-state index contributed by atoms with van der Waals surface area (Å²) < 4.78 is 14.0. The molecule has 0 aliphatic carbocycles. The fraction of sp³-hybridized carbons (Fsp3) is 0.400. The van der Waals surface area contributed by atoms with Crippen LogP contribution in [-0.4, -0.2) is 28.6 Å². The molecule has 2 N–H and O–H groups in total. The molecule has 2 aromatic carbocycles. The van der Waals surface area contributed by atoms with Crippen LogP contribution in [0.1, 0.15) is 32.6 Å². The quantitative estimate of drug-likeness (QED) is 0.541. The van der Waals surface area contributed by atoms with Crippen molar-refractivity contribution in [3.05, 3.63) is 60.7 Å². The Hall–Kier alpha value is -1.41.